The maximum absolute atomic E-state index is 11.5. The first kappa shape index (κ1) is 10.5. The van der Waals surface area contributed by atoms with E-state index < -0.39 is 11.2 Å². The van der Waals surface area contributed by atoms with Crippen molar-refractivity contribution in [3.05, 3.63) is 27.0 Å². The molecule has 0 aliphatic rings. The quantitative estimate of drug-likeness (QED) is 0.699. The Morgan fingerprint density at radius 3 is 2.75 bits per heavy atom. The van der Waals surface area contributed by atoms with E-state index in [1.165, 1.54) is 0 Å². The minimum Gasteiger partial charge on any atom is -0.493 e. The van der Waals surface area contributed by atoms with Crippen LogP contribution in [0.4, 0.5) is 0 Å². The fourth-order valence-corrected chi connectivity index (χ4v) is 1.66. The van der Waals surface area contributed by atoms with Crippen LogP contribution in [0.1, 0.15) is 26.3 Å². The lowest BCUT2D eigenvalue weighted by Gasteiger charge is -2.11. The fourth-order valence-electron chi connectivity index (χ4n) is 1.66. The van der Waals surface area contributed by atoms with Gasteiger partial charge in [0, 0.05) is 12.2 Å². The average Bonchev–Trinajstić information content (AvgIpc) is 2.56. The summed E-state index contributed by atoms with van der Waals surface area (Å²) in [7, 11) is 0. The Morgan fingerprint density at radius 2 is 2.12 bits per heavy atom. The zero-order valence-corrected chi connectivity index (χ0v) is 9.07. The highest BCUT2D eigenvalue weighted by molar-refractivity contribution is 5.82. The van der Waals surface area contributed by atoms with Crippen molar-refractivity contribution in [2.24, 2.45) is 0 Å². The molecule has 2 aromatic rings. The number of hydrogen-bond donors (Lipinski definition) is 3. The van der Waals surface area contributed by atoms with Crippen LogP contribution >= 0.6 is 0 Å². The van der Waals surface area contributed by atoms with Crippen LogP contribution in [0.5, 0.6) is 5.88 Å². The molecular weight excluding hydrogens is 210 g/mol. The topological polar surface area (TPSA) is 90.9 Å². The van der Waals surface area contributed by atoms with Crippen LogP contribution in [0.2, 0.25) is 0 Å². The summed E-state index contributed by atoms with van der Waals surface area (Å²) in [6.07, 6.45) is 2.37. The molecule has 16 heavy (non-hydrogen) atoms. The molecule has 0 fully saturated rings. The molecule has 86 valence electrons. The Labute approximate surface area is 90.5 Å². The maximum atomic E-state index is 11.5. The Balaban J connectivity index is 2.83. The molecule has 2 aromatic heterocycles. The molecule has 0 aliphatic carbocycles. The predicted octanol–water partition coefficient (Wildman–Crippen LogP) is 0.694. The van der Waals surface area contributed by atoms with Gasteiger partial charge in [-0.25, -0.2) is 4.79 Å². The van der Waals surface area contributed by atoms with Crippen molar-refractivity contribution < 1.29 is 5.11 Å². The number of rotatable bonds is 2. The number of aromatic hydroxyl groups is 1. The molecule has 2 heterocycles. The summed E-state index contributed by atoms with van der Waals surface area (Å²) in [5.41, 5.74) is -0.917. The third-order valence-electron chi connectivity index (χ3n) is 2.78. The van der Waals surface area contributed by atoms with Gasteiger partial charge in [-0.05, 0) is 13.3 Å². The first-order valence-electron chi connectivity index (χ1n) is 5.10. The van der Waals surface area contributed by atoms with Crippen molar-refractivity contribution >= 4 is 10.9 Å². The van der Waals surface area contributed by atoms with Crippen LogP contribution in [0, 0.1) is 0 Å². The summed E-state index contributed by atoms with van der Waals surface area (Å²) >= 11 is 0. The smallest absolute Gasteiger partial charge is 0.326 e. The Bertz CT molecular complexity index is 635. The lowest BCUT2D eigenvalue weighted by Crippen LogP contribution is -2.20. The summed E-state index contributed by atoms with van der Waals surface area (Å²) in [6, 6.07) is 0.0651. The highest BCUT2D eigenvalue weighted by atomic mass is 16.3. The zero-order valence-electron chi connectivity index (χ0n) is 9.07. The molecule has 0 spiro atoms. The lowest BCUT2D eigenvalue weighted by atomic mass is 10.2. The van der Waals surface area contributed by atoms with Crippen LogP contribution in [-0.4, -0.2) is 19.6 Å². The number of nitrogens with zero attached hydrogens (tertiary/aromatic N) is 1. The minimum absolute atomic E-state index is 0.0651. The normalized spacial score (nSPS) is 13.1. The van der Waals surface area contributed by atoms with E-state index in [2.05, 4.69) is 9.97 Å². The van der Waals surface area contributed by atoms with Gasteiger partial charge in [0.25, 0.3) is 5.56 Å². The van der Waals surface area contributed by atoms with Crippen molar-refractivity contribution in [1.29, 1.82) is 0 Å². The van der Waals surface area contributed by atoms with Gasteiger partial charge in [0.2, 0.25) is 5.88 Å². The summed E-state index contributed by atoms with van der Waals surface area (Å²) in [6.45, 7) is 3.90. The molecule has 6 heteroatoms. The average molecular weight is 223 g/mol. The molecule has 0 saturated carbocycles. The van der Waals surface area contributed by atoms with Crippen LogP contribution in [0.15, 0.2) is 15.8 Å². The van der Waals surface area contributed by atoms with E-state index in [1.807, 2.05) is 13.8 Å². The minimum atomic E-state index is -0.616. The summed E-state index contributed by atoms with van der Waals surface area (Å²) in [4.78, 5) is 27.1. The molecule has 6 nitrogen and oxygen atoms in total. The van der Waals surface area contributed by atoms with Gasteiger partial charge in [-0.2, -0.15) is 0 Å². The number of aromatic nitrogens is 3. The highest BCUT2D eigenvalue weighted by Gasteiger charge is 2.14. The van der Waals surface area contributed by atoms with Gasteiger partial charge in [0.15, 0.2) is 0 Å². The number of hydrogen-bond acceptors (Lipinski definition) is 3. The fraction of sp³-hybridized carbons (Fsp3) is 0.400. The number of H-pyrrole nitrogens is 2. The van der Waals surface area contributed by atoms with Crippen molar-refractivity contribution in [3.63, 3.8) is 0 Å². The summed E-state index contributed by atoms with van der Waals surface area (Å²) in [5, 5.41) is 10.2. The van der Waals surface area contributed by atoms with Crippen LogP contribution in [0.3, 0.4) is 0 Å². The van der Waals surface area contributed by atoms with E-state index >= 15 is 0 Å². The second-order valence-corrected chi connectivity index (χ2v) is 3.81. The van der Waals surface area contributed by atoms with Gasteiger partial charge in [-0.3, -0.25) is 9.78 Å². The molecule has 1 unspecified atom stereocenters. The Hall–Kier alpha value is -1.98. The van der Waals surface area contributed by atoms with E-state index in [0.29, 0.717) is 0 Å². The Kier molecular flexibility index (Phi) is 2.34. The molecule has 0 amide bonds. The molecule has 0 aromatic carbocycles. The molecule has 2 rings (SSSR count). The van der Waals surface area contributed by atoms with E-state index in [-0.39, 0.29) is 22.8 Å². The first-order chi connectivity index (χ1) is 7.54. The first-order valence-corrected chi connectivity index (χ1v) is 5.10. The standard InChI is InChI=1S/C10H13N3O3/c1-3-5(2)13-4-6-7(9(13)15)11-10(16)12-8(6)14/h4-5,15H,3H2,1-2H3,(H2,11,12,14,16). The molecule has 0 radical (unpaired) electrons. The van der Waals surface area contributed by atoms with Crippen LogP contribution < -0.4 is 11.2 Å². The number of fused-ring (bicyclic) bond motifs is 1. The second kappa shape index (κ2) is 3.55. The van der Waals surface area contributed by atoms with E-state index in [9.17, 15) is 14.7 Å². The van der Waals surface area contributed by atoms with E-state index in [0.717, 1.165) is 6.42 Å². The largest absolute Gasteiger partial charge is 0.493 e. The number of aromatic amines is 2. The third-order valence-corrected chi connectivity index (χ3v) is 2.78. The van der Waals surface area contributed by atoms with E-state index in [4.69, 9.17) is 0 Å². The molecule has 0 bridgehead atoms. The van der Waals surface area contributed by atoms with Crippen molar-refractivity contribution in [2.45, 2.75) is 26.3 Å². The molecule has 1 atom stereocenters. The monoisotopic (exact) mass is 223 g/mol. The molecule has 0 aliphatic heterocycles. The SMILES string of the molecule is CCC(C)n1cc2c(=O)[nH]c(=O)[nH]c2c1O. The molecular formula is C10H13N3O3. The van der Waals surface area contributed by atoms with Gasteiger partial charge in [-0.1, -0.05) is 6.92 Å². The van der Waals surface area contributed by atoms with Gasteiger partial charge in [-0.15, -0.1) is 0 Å². The molecule has 3 N–H and O–H groups in total. The van der Waals surface area contributed by atoms with Crippen molar-refractivity contribution in [1.82, 2.24) is 14.5 Å². The van der Waals surface area contributed by atoms with Crippen molar-refractivity contribution in [2.75, 3.05) is 0 Å². The second-order valence-electron chi connectivity index (χ2n) is 3.81. The maximum Gasteiger partial charge on any atom is 0.326 e. The predicted molar refractivity (Wildman–Crippen MR) is 59.8 cm³/mol. The van der Waals surface area contributed by atoms with Gasteiger partial charge < -0.3 is 14.7 Å². The molecule has 0 saturated heterocycles. The number of nitrogens with one attached hydrogen (secondary N) is 2. The van der Waals surface area contributed by atoms with Crippen LogP contribution in [0.25, 0.3) is 10.9 Å². The van der Waals surface area contributed by atoms with Crippen molar-refractivity contribution in [3.8, 4) is 5.88 Å². The highest BCUT2D eigenvalue weighted by Crippen LogP contribution is 2.26. The van der Waals surface area contributed by atoms with Gasteiger partial charge in [0.05, 0.1) is 5.39 Å². The summed E-state index contributed by atoms with van der Waals surface area (Å²) in [5.74, 6) is -0.0763. The third kappa shape index (κ3) is 1.42. The lowest BCUT2D eigenvalue weighted by molar-refractivity contribution is 0.390. The zero-order chi connectivity index (χ0) is 11.9. The van der Waals surface area contributed by atoms with Gasteiger partial charge >= 0.3 is 5.69 Å². The van der Waals surface area contributed by atoms with Crippen LogP contribution in [-0.2, 0) is 0 Å². The van der Waals surface area contributed by atoms with E-state index in [1.54, 1.807) is 10.8 Å². The Morgan fingerprint density at radius 1 is 1.44 bits per heavy atom. The van der Waals surface area contributed by atoms with Gasteiger partial charge in [0.1, 0.15) is 5.52 Å². The summed E-state index contributed by atoms with van der Waals surface area (Å²) < 4.78 is 1.58.